The number of para-hydroxylation sites is 1. The van der Waals surface area contributed by atoms with Crippen LogP contribution in [0.3, 0.4) is 0 Å². The van der Waals surface area contributed by atoms with E-state index in [0.29, 0.717) is 0 Å². The number of benzene rings is 1. The van der Waals surface area contributed by atoms with Gasteiger partial charge in [-0.3, -0.25) is 19.2 Å². The van der Waals surface area contributed by atoms with Gasteiger partial charge in [0.15, 0.2) is 12.2 Å². The van der Waals surface area contributed by atoms with Gasteiger partial charge in [0.2, 0.25) is 0 Å². The predicted molar refractivity (Wildman–Crippen MR) is 141 cm³/mol. The lowest BCUT2D eigenvalue weighted by atomic mass is 9.88. The quantitative estimate of drug-likeness (QED) is 0.0646. The van der Waals surface area contributed by atoms with Crippen LogP contribution in [0.15, 0.2) is 40.4 Å². The number of carbonyl (C=O) groups is 5. The van der Waals surface area contributed by atoms with Gasteiger partial charge in [0.25, 0.3) is 0 Å². The number of esters is 5. The van der Waals surface area contributed by atoms with Crippen molar-refractivity contribution in [3.8, 4) is 0 Å². The first-order chi connectivity index (χ1) is 21.0. The highest BCUT2D eigenvalue weighted by molar-refractivity contribution is 5.89. The number of methoxy groups -OCH3 is 1. The lowest BCUT2D eigenvalue weighted by Gasteiger charge is -2.47. The fourth-order valence-electron chi connectivity index (χ4n) is 4.19. The number of ether oxygens (including phenoxy) is 7. The number of hydrogen-bond donors (Lipinski definition) is 0. The van der Waals surface area contributed by atoms with E-state index in [2.05, 4.69) is 15.0 Å². The summed E-state index contributed by atoms with van der Waals surface area (Å²) < 4.78 is 79.0. The molecule has 1 unspecified atom stereocenters. The first-order valence-corrected chi connectivity index (χ1v) is 12.9. The summed E-state index contributed by atoms with van der Waals surface area (Å²) in [4.78, 5) is 67.2. The zero-order chi connectivity index (χ0) is 33.9. The number of aliphatic imine (C=N–C) groups is 1. The van der Waals surface area contributed by atoms with Crippen molar-refractivity contribution in [2.45, 2.75) is 76.5 Å². The van der Waals surface area contributed by atoms with Gasteiger partial charge >= 0.3 is 47.7 Å². The Hall–Kier alpha value is -4.90. The van der Waals surface area contributed by atoms with Crippen LogP contribution in [-0.2, 0) is 57.1 Å². The third-order valence-corrected chi connectivity index (χ3v) is 5.76. The molecule has 6 atom stereocenters. The first kappa shape index (κ1) is 36.3. The molecule has 45 heavy (non-hydrogen) atoms. The van der Waals surface area contributed by atoms with Gasteiger partial charge in [-0.2, -0.15) is 13.2 Å². The molecule has 0 radical (unpaired) electrons. The highest BCUT2D eigenvalue weighted by Crippen LogP contribution is 2.40. The highest BCUT2D eigenvalue weighted by atomic mass is 19.4. The Bertz CT molecular complexity index is 1340. The smallest absolute Gasteiger partial charge is 0.464 e. The average molecular weight is 647 g/mol. The number of rotatable bonds is 11. The summed E-state index contributed by atoms with van der Waals surface area (Å²) in [6.07, 6.45) is -14.1. The molecule has 19 heteroatoms. The molecule has 1 fully saturated rings. The Morgan fingerprint density at radius 2 is 1.64 bits per heavy atom. The van der Waals surface area contributed by atoms with Crippen LogP contribution in [0.5, 0.6) is 0 Å². The molecule has 1 saturated heterocycles. The second kappa shape index (κ2) is 15.7. The van der Waals surface area contributed by atoms with Crippen LogP contribution < -0.4 is 0 Å². The topological polar surface area (TPSA) is 211 Å². The van der Waals surface area contributed by atoms with Gasteiger partial charge in [0.05, 0.1) is 19.2 Å². The number of azide groups is 1. The zero-order valence-corrected chi connectivity index (χ0v) is 24.5. The van der Waals surface area contributed by atoms with E-state index >= 15 is 0 Å². The standard InChI is InChI=1S/C26H29F3N4O12/c1-13(34)40-12-19(42-15(3)36)21(43-16(4)37)22-20(32-33-30)18(41-14(2)35)11-25(44-22,24(38)39-5)45-23(26(27,28)29)31-17-9-7-6-8-10-17/h6-10,18-22H,11-12H2,1-5H3/t18-,19+,20+,21+,22+,25?/m0/s1. The molecule has 16 nitrogen and oxygen atoms in total. The number of carbonyl (C=O) groups excluding carboxylic acids is 5. The highest BCUT2D eigenvalue weighted by Gasteiger charge is 2.61. The minimum Gasteiger partial charge on any atom is -0.464 e. The summed E-state index contributed by atoms with van der Waals surface area (Å²) in [5.74, 6) is -10.8. The monoisotopic (exact) mass is 646 g/mol. The SMILES string of the molecule is COC(=O)C1(OC(=Nc2ccccc2)C(F)(F)F)C[C@H](OC(C)=O)[C@@H](N=[N+]=[N-])[C@H]([C@H](OC(C)=O)[C@@H](COC(C)=O)OC(C)=O)O1. The maximum Gasteiger partial charge on any atom is 0.468 e. The molecule has 1 aromatic carbocycles. The molecule has 0 aliphatic carbocycles. The van der Waals surface area contributed by atoms with Gasteiger partial charge in [0.1, 0.15) is 24.9 Å². The fourth-order valence-corrected chi connectivity index (χ4v) is 4.19. The molecule has 0 aromatic heterocycles. The Morgan fingerprint density at radius 3 is 2.13 bits per heavy atom. The number of halogens is 3. The third-order valence-electron chi connectivity index (χ3n) is 5.76. The Morgan fingerprint density at radius 1 is 1.02 bits per heavy atom. The molecule has 246 valence electrons. The minimum atomic E-state index is -5.36. The maximum atomic E-state index is 14.3. The van der Waals surface area contributed by atoms with E-state index in [1.165, 1.54) is 30.3 Å². The van der Waals surface area contributed by atoms with Gasteiger partial charge in [-0.1, -0.05) is 23.3 Å². The molecule has 0 amide bonds. The van der Waals surface area contributed by atoms with Crippen molar-refractivity contribution in [3.63, 3.8) is 0 Å². The lowest BCUT2D eigenvalue weighted by molar-refractivity contribution is -0.295. The summed E-state index contributed by atoms with van der Waals surface area (Å²) in [6.45, 7) is 2.89. The van der Waals surface area contributed by atoms with Crippen molar-refractivity contribution < 1.29 is 70.3 Å². The molecule has 1 heterocycles. The summed E-state index contributed by atoms with van der Waals surface area (Å²) in [5, 5.41) is 3.51. The summed E-state index contributed by atoms with van der Waals surface area (Å²) in [6, 6.07) is 4.86. The van der Waals surface area contributed by atoms with Gasteiger partial charge in [-0.15, -0.1) is 0 Å². The van der Waals surface area contributed by atoms with Crippen LogP contribution in [0.1, 0.15) is 34.1 Å². The fraction of sp³-hybridized carbons (Fsp3) is 0.538. The maximum absolute atomic E-state index is 14.3. The van der Waals surface area contributed by atoms with Gasteiger partial charge in [-0.05, 0) is 17.7 Å². The van der Waals surface area contributed by atoms with Crippen LogP contribution in [0.4, 0.5) is 18.9 Å². The van der Waals surface area contributed by atoms with Gasteiger partial charge in [0, 0.05) is 32.6 Å². The molecule has 1 aliphatic heterocycles. The predicted octanol–water partition coefficient (Wildman–Crippen LogP) is 2.99. The van der Waals surface area contributed by atoms with Crippen molar-refractivity contribution in [3.05, 3.63) is 40.8 Å². The van der Waals surface area contributed by atoms with Crippen molar-refractivity contribution in [2.24, 2.45) is 10.1 Å². The third kappa shape index (κ3) is 10.4. The van der Waals surface area contributed by atoms with E-state index in [1.807, 2.05) is 0 Å². The Kier molecular flexibility index (Phi) is 12.7. The molecule has 1 aromatic rings. The molecule has 0 N–H and O–H groups in total. The van der Waals surface area contributed by atoms with E-state index in [1.54, 1.807) is 0 Å². The van der Waals surface area contributed by atoms with E-state index in [-0.39, 0.29) is 5.69 Å². The number of hydrogen-bond acceptors (Lipinski definition) is 14. The van der Waals surface area contributed by atoms with Crippen molar-refractivity contribution in [2.75, 3.05) is 13.7 Å². The van der Waals surface area contributed by atoms with Crippen LogP contribution in [-0.4, -0.2) is 91.9 Å². The lowest BCUT2D eigenvalue weighted by Crippen LogP contribution is -2.66. The first-order valence-electron chi connectivity index (χ1n) is 12.9. The van der Waals surface area contributed by atoms with Crippen molar-refractivity contribution >= 4 is 41.4 Å². The largest absolute Gasteiger partial charge is 0.468 e. The zero-order valence-electron chi connectivity index (χ0n) is 24.5. The Labute approximate surface area is 253 Å². The van der Waals surface area contributed by atoms with Gasteiger partial charge < -0.3 is 33.2 Å². The van der Waals surface area contributed by atoms with Gasteiger partial charge in [-0.25, -0.2) is 9.79 Å². The average Bonchev–Trinajstić information content (AvgIpc) is 2.94. The minimum absolute atomic E-state index is 0.255. The normalized spacial score (nSPS) is 22.8. The molecule has 0 bridgehead atoms. The van der Waals surface area contributed by atoms with Crippen molar-refractivity contribution in [1.29, 1.82) is 0 Å². The number of alkyl halides is 3. The van der Waals surface area contributed by atoms with E-state index in [4.69, 9.17) is 33.2 Å². The van der Waals surface area contributed by atoms with E-state index in [9.17, 15) is 42.7 Å². The molecule has 0 saturated carbocycles. The number of nitrogens with zero attached hydrogens (tertiary/aromatic N) is 4. The second-order valence-corrected chi connectivity index (χ2v) is 9.25. The van der Waals surface area contributed by atoms with Crippen LogP contribution >= 0.6 is 0 Å². The summed E-state index contributed by atoms with van der Waals surface area (Å²) >= 11 is 0. The van der Waals surface area contributed by atoms with Crippen LogP contribution in [0, 0.1) is 0 Å². The van der Waals surface area contributed by atoms with Crippen molar-refractivity contribution in [1.82, 2.24) is 0 Å². The summed E-state index contributed by atoms with van der Waals surface area (Å²) in [5.41, 5.74) is 9.07. The second-order valence-electron chi connectivity index (χ2n) is 9.25. The van der Waals surface area contributed by atoms with Crippen LogP contribution in [0.25, 0.3) is 10.4 Å². The molecule has 1 aliphatic rings. The molecular formula is C26H29F3N4O12. The molecule has 0 spiro atoms. The Balaban J connectivity index is 2.87. The molecule has 2 rings (SSSR count). The van der Waals surface area contributed by atoms with Crippen LogP contribution in [0.2, 0.25) is 0 Å². The molecular weight excluding hydrogens is 617 g/mol. The van der Waals surface area contributed by atoms with E-state index < -0.39 is 91.2 Å². The van der Waals surface area contributed by atoms with E-state index in [0.717, 1.165) is 34.8 Å². The summed E-state index contributed by atoms with van der Waals surface area (Å²) in [7, 11) is 0.777.